The molecule has 3 amide bonds. The van der Waals surface area contributed by atoms with E-state index >= 15 is 0 Å². The molecule has 1 fully saturated rings. The number of piperazine rings is 1. The maximum Gasteiger partial charge on any atom is 0.338 e. The normalized spacial score (nSPS) is 14.2. The number of nitrogens with one attached hydrogen (secondary N) is 2. The molecule has 0 radical (unpaired) electrons. The average Bonchev–Trinajstić information content (AvgIpc) is 2.86. The fourth-order valence-electron chi connectivity index (χ4n) is 3.19. The molecule has 1 saturated heterocycles. The van der Waals surface area contributed by atoms with Gasteiger partial charge in [0.1, 0.15) is 0 Å². The Balaban J connectivity index is 1.49. The van der Waals surface area contributed by atoms with Crippen LogP contribution in [0.15, 0.2) is 59.5 Å². The zero-order valence-electron chi connectivity index (χ0n) is 18.4. The largest absolute Gasteiger partial charge is 0.452 e. The Hall–Kier alpha value is -3.77. The van der Waals surface area contributed by atoms with Gasteiger partial charge in [-0.2, -0.15) is 4.31 Å². The molecule has 12 heteroatoms. The van der Waals surface area contributed by atoms with Crippen LogP contribution in [0, 0.1) is 0 Å². The summed E-state index contributed by atoms with van der Waals surface area (Å²) in [6.07, 6.45) is 0. The maximum atomic E-state index is 12.8. The van der Waals surface area contributed by atoms with Crippen molar-refractivity contribution in [2.24, 2.45) is 0 Å². The molecule has 0 atom stereocenters. The van der Waals surface area contributed by atoms with E-state index in [9.17, 15) is 27.6 Å². The third-order valence-corrected chi connectivity index (χ3v) is 7.01. The van der Waals surface area contributed by atoms with E-state index in [4.69, 9.17) is 4.74 Å². The first kappa shape index (κ1) is 24.9. The number of amides is 3. The number of benzene rings is 2. The van der Waals surface area contributed by atoms with E-state index in [2.05, 4.69) is 10.9 Å². The molecule has 0 aromatic heterocycles. The van der Waals surface area contributed by atoms with Crippen LogP contribution in [0.3, 0.4) is 0 Å². The van der Waals surface area contributed by atoms with Gasteiger partial charge in [-0.25, -0.2) is 13.2 Å². The summed E-state index contributed by atoms with van der Waals surface area (Å²) in [7, 11) is -3.78. The van der Waals surface area contributed by atoms with Gasteiger partial charge in [0.2, 0.25) is 15.9 Å². The summed E-state index contributed by atoms with van der Waals surface area (Å²) in [5, 5.41) is 0. The van der Waals surface area contributed by atoms with Crippen molar-refractivity contribution >= 4 is 33.7 Å². The Morgan fingerprint density at radius 2 is 1.47 bits per heavy atom. The van der Waals surface area contributed by atoms with E-state index in [1.54, 1.807) is 35.2 Å². The third-order valence-electron chi connectivity index (χ3n) is 5.10. The number of rotatable bonds is 6. The molecule has 0 saturated carbocycles. The number of nitrogens with zero attached hydrogens (tertiary/aromatic N) is 2. The van der Waals surface area contributed by atoms with E-state index in [0.29, 0.717) is 18.7 Å². The summed E-state index contributed by atoms with van der Waals surface area (Å²) in [5.41, 5.74) is 4.74. The van der Waals surface area contributed by atoms with E-state index < -0.39 is 34.4 Å². The Bertz CT molecular complexity index is 1160. The number of carbonyl (C=O) groups is 4. The Kier molecular flexibility index (Phi) is 7.97. The molecule has 3 rings (SSSR count). The van der Waals surface area contributed by atoms with Crippen molar-refractivity contribution in [1.82, 2.24) is 20.1 Å². The Morgan fingerprint density at radius 1 is 0.853 bits per heavy atom. The molecule has 0 aliphatic carbocycles. The van der Waals surface area contributed by atoms with Crippen molar-refractivity contribution in [1.29, 1.82) is 0 Å². The SMILES string of the molecule is CC(=O)N1CCN(S(=O)(=O)c2ccc(C(=O)OCC(=O)NNC(=O)c3ccccc3)cc2)CC1. The van der Waals surface area contributed by atoms with Gasteiger partial charge in [-0.15, -0.1) is 0 Å². The van der Waals surface area contributed by atoms with Crippen LogP contribution < -0.4 is 10.9 Å². The standard InChI is InChI=1S/C22H24N4O7S/c1-16(27)25-11-13-26(14-12-25)34(31,32)19-9-7-18(8-10-19)22(30)33-15-20(28)23-24-21(29)17-5-3-2-4-6-17/h2-10H,11-15H2,1H3,(H,23,28)(H,24,29). The first-order chi connectivity index (χ1) is 16.2. The lowest BCUT2D eigenvalue weighted by Gasteiger charge is -2.33. The molecule has 1 aliphatic heterocycles. The molecular formula is C22H24N4O7S. The molecule has 34 heavy (non-hydrogen) atoms. The van der Waals surface area contributed by atoms with Gasteiger partial charge in [-0.3, -0.25) is 25.2 Å². The van der Waals surface area contributed by atoms with Crippen LogP contribution in [-0.2, 0) is 24.3 Å². The summed E-state index contributed by atoms with van der Waals surface area (Å²) in [6, 6.07) is 13.4. The van der Waals surface area contributed by atoms with Gasteiger partial charge in [0.25, 0.3) is 11.8 Å². The second-order valence-corrected chi connectivity index (χ2v) is 9.32. The first-order valence-corrected chi connectivity index (χ1v) is 11.8. The fraction of sp³-hybridized carbons (Fsp3) is 0.273. The molecule has 0 spiro atoms. The number of esters is 1. The number of carbonyl (C=O) groups excluding carboxylic acids is 4. The molecule has 0 unspecified atom stereocenters. The Morgan fingerprint density at radius 3 is 2.06 bits per heavy atom. The predicted molar refractivity (Wildman–Crippen MR) is 120 cm³/mol. The molecular weight excluding hydrogens is 464 g/mol. The van der Waals surface area contributed by atoms with Gasteiger partial charge in [0, 0.05) is 38.7 Å². The van der Waals surface area contributed by atoms with E-state index in [-0.39, 0.29) is 29.5 Å². The zero-order valence-corrected chi connectivity index (χ0v) is 19.2. The molecule has 1 aliphatic rings. The highest BCUT2D eigenvalue weighted by Gasteiger charge is 2.29. The number of ether oxygens (including phenoxy) is 1. The van der Waals surface area contributed by atoms with Crippen LogP contribution in [0.5, 0.6) is 0 Å². The van der Waals surface area contributed by atoms with Gasteiger partial charge in [-0.05, 0) is 36.4 Å². The van der Waals surface area contributed by atoms with Crippen LogP contribution in [0.1, 0.15) is 27.6 Å². The van der Waals surface area contributed by atoms with Gasteiger partial charge in [0.05, 0.1) is 10.5 Å². The first-order valence-electron chi connectivity index (χ1n) is 10.4. The van der Waals surface area contributed by atoms with Crippen molar-refractivity contribution in [2.45, 2.75) is 11.8 Å². The molecule has 0 bridgehead atoms. The average molecular weight is 489 g/mol. The molecule has 2 N–H and O–H groups in total. The highest BCUT2D eigenvalue weighted by Crippen LogP contribution is 2.18. The van der Waals surface area contributed by atoms with Crippen LogP contribution in [0.4, 0.5) is 0 Å². The monoisotopic (exact) mass is 488 g/mol. The van der Waals surface area contributed by atoms with Crippen molar-refractivity contribution in [3.05, 3.63) is 65.7 Å². The predicted octanol–water partition coefficient (Wildman–Crippen LogP) is 0.157. The van der Waals surface area contributed by atoms with Gasteiger partial charge < -0.3 is 9.64 Å². The second-order valence-electron chi connectivity index (χ2n) is 7.38. The second kappa shape index (κ2) is 10.9. The summed E-state index contributed by atoms with van der Waals surface area (Å²) in [5.74, 6) is -2.21. The highest BCUT2D eigenvalue weighted by molar-refractivity contribution is 7.89. The fourth-order valence-corrected chi connectivity index (χ4v) is 4.62. The quantitative estimate of drug-likeness (QED) is 0.436. The number of hydrogen-bond donors (Lipinski definition) is 2. The third kappa shape index (κ3) is 6.17. The molecule has 1 heterocycles. The summed E-state index contributed by atoms with van der Waals surface area (Å²) in [6.45, 7) is 1.78. The van der Waals surface area contributed by atoms with Gasteiger partial charge in [0.15, 0.2) is 6.61 Å². The van der Waals surface area contributed by atoms with E-state index in [1.807, 2.05) is 0 Å². The van der Waals surface area contributed by atoms with Crippen LogP contribution in [0.2, 0.25) is 0 Å². The zero-order chi connectivity index (χ0) is 24.7. The van der Waals surface area contributed by atoms with Crippen molar-refractivity contribution in [3.8, 4) is 0 Å². The Labute approximate surface area is 196 Å². The molecule has 11 nitrogen and oxygen atoms in total. The number of sulfonamides is 1. The van der Waals surface area contributed by atoms with Gasteiger partial charge >= 0.3 is 5.97 Å². The van der Waals surface area contributed by atoms with Crippen LogP contribution in [-0.4, -0.2) is 74.1 Å². The van der Waals surface area contributed by atoms with Crippen molar-refractivity contribution in [3.63, 3.8) is 0 Å². The van der Waals surface area contributed by atoms with Gasteiger partial charge in [-0.1, -0.05) is 18.2 Å². The smallest absolute Gasteiger partial charge is 0.338 e. The summed E-state index contributed by atoms with van der Waals surface area (Å²) < 4.78 is 31.8. The van der Waals surface area contributed by atoms with Crippen LogP contribution >= 0.6 is 0 Å². The highest BCUT2D eigenvalue weighted by atomic mass is 32.2. The van der Waals surface area contributed by atoms with E-state index in [0.717, 1.165) is 0 Å². The topological polar surface area (TPSA) is 142 Å². The number of hydrogen-bond acceptors (Lipinski definition) is 7. The molecule has 2 aromatic carbocycles. The lowest BCUT2D eigenvalue weighted by atomic mass is 10.2. The lowest BCUT2D eigenvalue weighted by Crippen LogP contribution is -2.49. The summed E-state index contributed by atoms with van der Waals surface area (Å²) in [4.78, 5) is 48.9. The summed E-state index contributed by atoms with van der Waals surface area (Å²) >= 11 is 0. The van der Waals surface area contributed by atoms with Crippen molar-refractivity contribution < 1.29 is 32.3 Å². The van der Waals surface area contributed by atoms with Crippen LogP contribution in [0.25, 0.3) is 0 Å². The maximum absolute atomic E-state index is 12.8. The van der Waals surface area contributed by atoms with E-state index in [1.165, 1.54) is 35.5 Å². The minimum Gasteiger partial charge on any atom is -0.452 e. The lowest BCUT2D eigenvalue weighted by molar-refractivity contribution is -0.130. The minimum atomic E-state index is -3.78. The number of hydrazine groups is 1. The molecule has 2 aromatic rings. The minimum absolute atomic E-state index is 0.00157. The van der Waals surface area contributed by atoms with Crippen molar-refractivity contribution in [2.75, 3.05) is 32.8 Å². The molecule has 180 valence electrons.